The van der Waals surface area contributed by atoms with E-state index in [0.717, 1.165) is 0 Å². The molecule has 0 aliphatic carbocycles. The Hall–Kier alpha value is -1.11. The first kappa shape index (κ1) is 11.4. The molecule has 0 unspecified atom stereocenters. The van der Waals surface area contributed by atoms with Gasteiger partial charge in [0.15, 0.2) is 9.84 Å². The van der Waals surface area contributed by atoms with Crippen molar-refractivity contribution in [3.05, 3.63) is 41.2 Å². The fourth-order valence-electron chi connectivity index (χ4n) is 1.31. The molecule has 2 aromatic rings. The Morgan fingerprint density at radius 3 is 2.56 bits per heavy atom. The third kappa shape index (κ3) is 2.34. The molecular weight excluding hydrogens is 246 g/mol. The highest BCUT2D eigenvalue weighted by molar-refractivity contribution is 7.92. The van der Waals surface area contributed by atoms with Gasteiger partial charge in [0.05, 0.1) is 6.54 Å². The van der Waals surface area contributed by atoms with Gasteiger partial charge in [0.25, 0.3) is 0 Å². The maximum absolute atomic E-state index is 11.9. The highest BCUT2D eigenvalue weighted by atomic mass is 32.2. The average molecular weight is 257 g/mol. The van der Waals surface area contributed by atoms with E-state index in [9.17, 15) is 8.42 Å². The van der Waals surface area contributed by atoms with Gasteiger partial charge in [-0.1, -0.05) is 6.07 Å². The molecule has 0 radical (unpaired) electrons. The summed E-state index contributed by atoms with van der Waals surface area (Å²) >= 11 is 1.21. The van der Waals surface area contributed by atoms with Gasteiger partial charge in [0, 0.05) is 0 Å². The molecule has 2 aromatic heterocycles. The van der Waals surface area contributed by atoms with E-state index >= 15 is 0 Å². The highest BCUT2D eigenvalue weighted by Crippen LogP contribution is 2.21. The van der Waals surface area contributed by atoms with Crippen molar-refractivity contribution < 1.29 is 12.8 Å². The molecule has 86 valence electrons. The molecule has 6 heteroatoms. The molecule has 0 fully saturated rings. The number of nitrogens with two attached hydrogens (primary N) is 1. The third-order valence-electron chi connectivity index (χ3n) is 2.05. The van der Waals surface area contributed by atoms with Gasteiger partial charge in [-0.25, -0.2) is 8.42 Å². The fourth-order valence-corrected chi connectivity index (χ4v) is 3.64. The van der Waals surface area contributed by atoms with Crippen molar-refractivity contribution in [2.75, 3.05) is 0 Å². The molecular formula is C10H11NO3S2. The van der Waals surface area contributed by atoms with Gasteiger partial charge in [-0.15, -0.1) is 11.3 Å². The van der Waals surface area contributed by atoms with Crippen LogP contribution in [-0.2, 0) is 22.1 Å². The first-order valence-corrected chi connectivity index (χ1v) is 7.19. The number of hydrogen-bond acceptors (Lipinski definition) is 5. The molecule has 0 spiro atoms. The minimum absolute atomic E-state index is 0.118. The molecule has 0 saturated heterocycles. The summed E-state index contributed by atoms with van der Waals surface area (Å²) in [5.41, 5.74) is 5.38. The molecule has 16 heavy (non-hydrogen) atoms. The van der Waals surface area contributed by atoms with Crippen LogP contribution in [0.4, 0.5) is 0 Å². The minimum atomic E-state index is -3.28. The SMILES string of the molecule is NCc1ccc(CS(=O)(=O)c2cccs2)o1. The van der Waals surface area contributed by atoms with Gasteiger partial charge < -0.3 is 10.2 Å². The van der Waals surface area contributed by atoms with Crippen LogP contribution in [0.3, 0.4) is 0 Å². The van der Waals surface area contributed by atoms with Crippen LogP contribution in [0, 0.1) is 0 Å². The van der Waals surface area contributed by atoms with Gasteiger partial charge in [0.1, 0.15) is 21.5 Å². The zero-order chi connectivity index (χ0) is 11.6. The summed E-state index contributed by atoms with van der Waals surface area (Å²) in [5.74, 6) is 0.901. The van der Waals surface area contributed by atoms with E-state index in [1.165, 1.54) is 11.3 Å². The normalized spacial score (nSPS) is 11.8. The Balaban J connectivity index is 2.21. The van der Waals surface area contributed by atoms with Crippen molar-refractivity contribution in [2.45, 2.75) is 16.5 Å². The molecule has 0 aromatic carbocycles. The van der Waals surface area contributed by atoms with E-state index in [1.807, 2.05) is 0 Å². The maximum Gasteiger partial charge on any atom is 0.194 e. The molecule has 0 atom stereocenters. The van der Waals surface area contributed by atoms with E-state index < -0.39 is 9.84 Å². The smallest absolute Gasteiger partial charge is 0.194 e. The van der Waals surface area contributed by atoms with Gasteiger partial charge in [-0.3, -0.25) is 0 Å². The number of thiophene rings is 1. The second kappa shape index (κ2) is 4.40. The summed E-state index contributed by atoms with van der Waals surface area (Å²) < 4.78 is 29.4. The second-order valence-electron chi connectivity index (χ2n) is 3.26. The van der Waals surface area contributed by atoms with Crippen molar-refractivity contribution >= 4 is 21.2 Å². The van der Waals surface area contributed by atoms with E-state index in [1.54, 1.807) is 29.6 Å². The number of sulfone groups is 1. The predicted molar refractivity (Wildman–Crippen MR) is 61.8 cm³/mol. The zero-order valence-corrected chi connectivity index (χ0v) is 10.1. The molecule has 0 bridgehead atoms. The molecule has 0 saturated carbocycles. The first-order valence-electron chi connectivity index (χ1n) is 4.66. The number of hydrogen-bond donors (Lipinski definition) is 1. The molecule has 0 aliphatic rings. The summed E-state index contributed by atoms with van der Waals surface area (Å²) in [6.45, 7) is 0.277. The monoisotopic (exact) mass is 257 g/mol. The first-order chi connectivity index (χ1) is 7.62. The van der Waals surface area contributed by atoms with Gasteiger partial charge in [-0.05, 0) is 23.6 Å². The summed E-state index contributed by atoms with van der Waals surface area (Å²) in [5, 5.41) is 1.74. The zero-order valence-electron chi connectivity index (χ0n) is 8.42. The standard InChI is InChI=1S/C10H11NO3S2/c11-6-8-3-4-9(14-8)7-16(12,13)10-2-1-5-15-10/h1-5H,6-7,11H2. The second-order valence-corrected chi connectivity index (χ2v) is 6.43. The third-order valence-corrected chi connectivity index (χ3v) is 5.18. The van der Waals surface area contributed by atoms with Crippen LogP contribution in [0.25, 0.3) is 0 Å². The van der Waals surface area contributed by atoms with Crippen LogP contribution in [-0.4, -0.2) is 8.42 Å². The Bertz CT molecular complexity index is 555. The molecule has 0 aliphatic heterocycles. The van der Waals surface area contributed by atoms with Crippen molar-refractivity contribution in [3.63, 3.8) is 0 Å². The molecule has 4 nitrogen and oxygen atoms in total. The maximum atomic E-state index is 11.9. The summed E-state index contributed by atoms with van der Waals surface area (Å²) in [4.78, 5) is 0. The van der Waals surface area contributed by atoms with Crippen LogP contribution in [0.5, 0.6) is 0 Å². The lowest BCUT2D eigenvalue weighted by atomic mass is 10.4. The molecule has 2 rings (SSSR count). The van der Waals surface area contributed by atoms with E-state index in [2.05, 4.69) is 0 Å². The Labute approximate surface area is 97.6 Å². The minimum Gasteiger partial charge on any atom is -0.464 e. The lowest BCUT2D eigenvalue weighted by Gasteiger charge is -1.98. The van der Waals surface area contributed by atoms with Crippen LogP contribution >= 0.6 is 11.3 Å². The molecule has 2 N–H and O–H groups in total. The largest absolute Gasteiger partial charge is 0.464 e. The summed E-state index contributed by atoms with van der Waals surface area (Å²) in [6.07, 6.45) is 0. The summed E-state index contributed by atoms with van der Waals surface area (Å²) in [7, 11) is -3.28. The molecule has 0 amide bonds. The molecule has 2 heterocycles. The van der Waals surface area contributed by atoms with E-state index in [-0.39, 0.29) is 12.3 Å². The highest BCUT2D eigenvalue weighted by Gasteiger charge is 2.18. The predicted octanol–water partition coefficient (Wildman–Crippen LogP) is 1.77. The Morgan fingerprint density at radius 2 is 2.00 bits per heavy atom. The van der Waals surface area contributed by atoms with Crippen LogP contribution in [0.15, 0.2) is 38.3 Å². The van der Waals surface area contributed by atoms with Gasteiger partial charge in [-0.2, -0.15) is 0 Å². The van der Waals surface area contributed by atoms with E-state index in [4.69, 9.17) is 10.2 Å². The quantitative estimate of drug-likeness (QED) is 0.906. The summed E-state index contributed by atoms with van der Waals surface area (Å²) in [6, 6.07) is 6.64. The van der Waals surface area contributed by atoms with Crippen molar-refractivity contribution in [1.82, 2.24) is 0 Å². The van der Waals surface area contributed by atoms with Crippen LogP contribution in [0.1, 0.15) is 11.5 Å². The van der Waals surface area contributed by atoms with Crippen molar-refractivity contribution in [2.24, 2.45) is 5.73 Å². The lowest BCUT2D eigenvalue weighted by Crippen LogP contribution is -2.02. The number of rotatable bonds is 4. The lowest BCUT2D eigenvalue weighted by molar-refractivity contribution is 0.478. The average Bonchev–Trinajstić information content (AvgIpc) is 2.86. The van der Waals surface area contributed by atoms with Gasteiger partial charge >= 0.3 is 0 Å². The van der Waals surface area contributed by atoms with E-state index in [0.29, 0.717) is 15.7 Å². The van der Waals surface area contributed by atoms with Gasteiger partial charge in [0.2, 0.25) is 0 Å². The Kier molecular flexibility index (Phi) is 3.13. The fraction of sp³-hybridized carbons (Fsp3) is 0.200. The number of furan rings is 1. The topological polar surface area (TPSA) is 73.3 Å². The Morgan fingerprint density at radius 1 is 1.25 bits per heavy atom. The van der Waals surface area contributed by atoms with Crippen molar-refractivity contribution in [3.8, 4) is 0 Å². The van der Waals surface area contributed by atoms with Crippen LogP contribution < -0.4 is 5.73 Å². The van der Waals surface area contributed by atoms with Crippen LogP contribution in [0.2, 0.25) is 0 Å². The van der Waals surface area contributed by atoms with Crippen molar-refractivity contribution in [1.29, 1.82) is 0 Å².